The number of aliphatic hydroxyl groups is 1. The molecule has 1 atom stereocenters. The Morgan fingerprint density at radius 2 is 2.23 bits per heavy atom. The van der Waals surface area contributed by atoms with Gasteiger partial charge in [-0.3, -0.25) is 0 Å². The summed E-state index contributed by atoms with van der Waals surface area (Å²) in [7, 11) is 0. The zero-order chi connectivity index (χ0) is 9.84. The second-order valence-electron chi connectivity index (χ2n) is 2.79. The summed E-state index contributed by atoms with van der Waals surface area (Å²) < 4.78 is 12.8. The fourth-order valence-corrected chi connectivity index (χ4v) is 2.00. The maximum Gasteiger partial charge on any atom is 0.123 e. The first kappa shape index (κ1) is 10.5. The second-order valence-corrected chi connectivity index (χ2v) is 4.10. The van der Waals surface area contributed by atoms with Crippen LogP contribution < -0.4 is 0 Å². The summed E-state index contributed by atoms with van der Waals surface area (Å²) in [5.74, 6) is 0.627. The van der Waals surface area contributed by atoms with Gasteiger partial charge in [0.25, 0.3) is 0 Å². The van der Waals surface area contributed by atoms with Gasteiger partial charge >= 0.3 is 0 Å². The smallest absolute Gasteiger partial charge is 0.123 e. The van der Waals surface area contributed by atoms with E-state index in [1.54, 1.807) is 24.8 Å². The third-order valence-corrected chi connectivity index (χ3v) is 2.69. The number of aliphatic hydroxyl groups excluding tert-OH is 1. The number of halogens is 1. The standard InChI is InChI=1S/C10H13FOS/c1-3-13-10-5-4-8(11)6-9(10)7(2)12/h4-7,12H,3H2,1-2H3. The summed E-state index contributed by atoms with van der Waals surface area (Å²) in [6.07, 6.45) is -0.607. The minimum Gasteiger partial charge on any atom is -0.389 e. The van der Waals surface area contributed by atoms with E-state index in [-0.39, 0.29) is 5.82 Å². The molecule has 0 bridgehead atoms. The zero-order valence-electron chi connectivity index (χ0n) is 7.75. The average molecular weight is 200 g/mol. The molecule has 0 aromatic heterocycles. The molecular weight excluding hydrogens is 187 g/mol. The van der Waals surface area contributed by atoms with E-state index in [9.17, 15) is 9.50 Å². The van der Waals surface area contributed by atoms with Crippen LogP contribution in [0.4, 0.5) is 4.39 Å². The Bertz CT molecular complexity index is 286. The summed E-state index contributed by atoms with van der Waals surface area (Å²) >= 11 is 1.61. The Labute approximate surface area is 82.0 Å². The number of thioether (sulfide) groups is 1. The summed E-state index contributed by atoms with van der Waals surface area (Å²) in [5.41, 5.74) is 0.673. The molecule has 1 rings (SSSR count). The monoisotopic (exact) mass is 200 g/mol. The topological polar surface area (TPSA) is 20.2 Å². The Morgan fingerprint density at radius 3 is 2.77 bits per heavy atom. The van der Waals surface area contributed by atoms with Crippen LogP contribution >= 0.6 is 11.8 Å². The molecule has 0 aliphatic carbocycles. The van der Waals surface area contributed by atoms with Crippen LogP contribution in [-0.2, 0) is 0 Å². The SMILES string of the molecule is CCSc1ccc(F)cc1C(C)O. The highest BCUT2D eigenvalue weighted by Gasteiger charge is 2.08. The highest BCUT2D eigenvalue weighted by molar-refractivity contribution is 7.99. The van der Waals surface area contributed by atoms with Gasteiger partial charge < -0.3 is 5.11 Å². The van der Waals surface area contributed by atoms with Gasteiger partial charge in [0.2, 0.25) is 0 Å². The van der Waals surface area contributed by atoms with Gasteiger partial charge in [0.15, 0.2) is 0 Å². The molecule has 1 aromatic carbocycles. The molecule has 0 aliphatic rings. The highest BCUT2D eigenvalue weighted by Crippen LogP contribution is 2.27. The predicted octanol–water partition coefficient (Wildman–Crippen LogP) is 2.99. The lowest BCUT2D eigenvalue weighted by atomic mass is 10.1. The minimum absolute atomic E-state index is 0.295. The fourth-order valence-electron chi connectivity index (χ4n) is 1.13. The Balaban J connectivity index is 3.03. The number of rotatable bonds is 3. The normalized spacial score (nSPS) is 12.9. The summed E-state index contributed by atoms with van der Waals surface area (Å²) in [6.45, 7) is 3.67. The Morgan fingerprint density at radius 1 is 1.54 bits per heavy atom. The van der Waals surface area contributed by atoms with Gasteiger partial charge in [-0.05, 0) is 36.4 Å². The van der Waals surface area contributed by atoms with Crippen molar-refractivity contribution in [1.29, 1.82) is 0 Å². The molecule has 0 spiro atoms. The summed E-state index contributed by atoms with van der Waals surface area (Å²) in [4.78, 5) is 0.957. The van der Waals surface area contributed by atoms with Crippen LogP contribution in [-0.4, -0.2) is 10.9 Å². The van der Waals surface area contributed by atoms with Gasteiger partial charge in [0.05, 0.1) is 6.10 Å². The molecule has 3 heteroatoms. The van der Waals surface area contributed by atoms with E-state index in [4.69, 9.17) is 0 Å². The fraction of sp³-hybridized carbons (Fsp3) is 0.400. The Kier molecular flexibility index (Phi) is 3.75. The van der Waals surface area contributed by atoms with Crippen LogP contribution in [0.1, 0.15) is 25.5 Å². The van der Waals surface area contributed by atoms with Gasteiger partial charge in [-0.2, -0.15) is 0 Å². The maximum absolute atomic E-state index is 12.8. The number of benzene rings is 1. The van der Waals surface area contributed by atoms with Gasteiger partial charge in [-0.15, -0.1) is 11.8 Å². The van der Waals surface area contributed by atoms with Crippen LogP contribution in [0.25, 0.3) is 0 Å². The van der Waals surface area contributed by atoms with Gasteiger partial charge in [-0.1, -0.05) is 6.92 Å². The molecule has 1 N–H and O–H groups in total. The van der Waals surface area contributed by atoms with Crippen molar-refractivity contribution in [2.75, 3.05) is 5.75 Å². The van der Waals surface area contributed by atoms with Crippen LogP contribution in [0.3, 0.4) is 0 Å². The van der Waals surface area contributed by atoms with E-state index in [1.807, 2.05) is 6.92 Å². The molecular formula is C10H13FOS. The van der Waals surface area contributed by atoms with Crippen LogP contribution in [0, 0.1) is 5.82 Å². The second kappa shape index (κ2) is 4.63. The largest absolute Gasteiger partial charge is 0.389 e. The lowest BCUT2D eigenvalue weighted by molar-refractivity contribution is 0.196. The third-order valence-electron chi connectivity index (χ3n) is 1.72. The molecule has 0 saturated heterocycles. The van der Waals surface area contributed by atoms with Crippen molar-refractivity contribution in [1.82, 2.24) is 0 Å². The molecule has 1 nitrogen and oxygen atoms in total. The van der Waals surface area contributed by atoms with Crippen molar-refractivity contribution >= 4 is 11.8 Å². The molecule has 1 unspecified atom stereocenters. The van der Waals surface area contributed by atoms with E-state index in [0.29, 0.717) is 5.56 Å². The molecule has 0 heterocycles. The minimum atomic E-state index is -0.607. The van der Waals surface area contributed by atoms with Crippen LogP contribution in [0.15, 0.2) is 23.1 Å². The van der Waals surface area contributed by atoms with E-state index in [2.05, 4.69) is 0 Å². The zero-order valence-corrected chi connectivity index (χ0v) is 8.57. The molecule has 72 valence electrons. The molecule has 0 aliphatic heterocycles. The predicted molar refractivity (Wildman–Crippen MR) is 53.4 cm³/mol. The van der Waals surface area contributed by atoms with E-state index >= 15 is 0 Å². The first-order valence-corrected chi connectivity index (χ1v) is 5.24. The lowest BCUT2D eigenvalue weighted by Crippen LogP contribution is -1.95. The van der Waals surface area contributed by atoms with Crippen molar-refractivity contribution in [3.63, 3.8) is 0 Å². The number of hydrogen-bond acceptors (Lipinski definition) is 2. The van der Waals surface area contributed by atoms with Gasteiger partial charge in [0, 0.05) is 4.90 Å². The molecule has 0 amide bonds. The third kappa shape index (κ3) is 2.71. The van der Waals surface area contributed by atoms with Gasteiger partial charge in [-0.25, -0.2) is 4.39 Å². The quantitative estimate of drug-likeness (QED) is 0.757. The average Bonchev–Trinajstić information content (AvgIpc) is 2.08. The first-order chi connectivity index (χ1) is 6.15. The summed E-state index contributed by atoms with van der Waals surface area (Å²) in [5, 5.41) is 9.38. The van der Waals surface area contributed by atoms with Crippen LogP contribution in [0.5, 0.6) is 0 Å². The van der Waals surface area contributed by atoms with Crippen molar-refractivity contribution in [2.24, 2.45) is 0 Å². The lowest BCUT2D eigenvalue weighted by Gasteiger charge is -2.10. The first-order valence-electron chi connectivity index (χ1n) is 4.25. The Hall–Kier alpha value is -0.540. The van der Waals surface area contributed by atoms with Crippen molar-refractivity contribution in [3.05, 3.63) is 29.6 Å². The molecule has 0 radical (unpaired) electrons. The van der Waals surface area contributed by atoms with Crippen molar-refractivity contribution in [3.8, 4) is 0 Å². The van der Waals surface area contributed by atoms with Crippen LogP contribution in [0.2, 0.25) is 0 Å². The molecule has 0 fully saturated rings. The molecule has 13 heavy (non-hydrogen) atoms. The van der Waals surface area contributed by atoms with E-state index < -0.39 is 6.10 Å². The van der Waals surface area contributed by atoms with E-state index in [1.165, 1.54) is 12.1 Å². The van der Waals surface area contributed by atoms with E-state index in [0.717, 1.165) is 10.6 Å². The molecule has 1 aromatic rings. The summed E-state index contributed by atoms with van der Waals surface area (Å²) in [6, 6.07) is 4.53. The van der Waals surface area contributed by atoms with Gasteiger partial charge in [0.1, 0.15) is 5.82 Å². The van der Waals surface area contributed by atoms with Crippen molar-refractivity contribution < 1.29 is 9.50 Å². The highest BCUT2D eigenvalue weighted by atomic mass is 32.2. The maximum atomic E-state index is 12.8. The molecule has 0 saturated carbocycles. The number of hydrogen-bond donors (Lipinski definition) is 1. The van der Waals surface area contributed by atoms with Crippen molar-refractivity contribution in [2.45, 2.75) is 24.8 Å².